The topological polar surface area (TPSA) is 78.9 Å². The molecule has 0 saturated carbocycles. The summed E-state index contributed by atoms with van der Waals surface area (Å²) in [5.41, 5.74) is 0. The first-order valence-electron chi connectivity index (χ1n) is 30.6. The van der Waals surface area contributed by atoms with Crippen molar-refractivity contribution in [2.24, 2.45) is 0 Å². The van der Waals surface area contributed by atoms with E-state index in [0.29, 0.717) is 19.3 Å². The molecule has 0 N–H and O–H groups in total. The number of rotatable bonds is 52. The van der Waals surface area contributed by atoms with Crippen LogP contribution < -0.4 is 0 Å². The molecule has 1 unspecified atom stereocenters. The molecule has 0 aromatic rings. The molecule has 0 aliphatic heterocycles. The van der Waals surface area contributed by atoms with E-state index < -0.39 is 12.1 Å². The van der Waals surface area contributed by atoms with Crippen LogP contribution in [0.2, 0.25) is 0 Å². The van der Waals surface area contributed by atoms with Gasteiger partial charge in [0.1, 0.15) is 13.2 Å². The number of carbonyl (C=O) groups is 3. The van der Waals surface area contributed by atoms with Gasteiger partial charge in [-0.15, -0.1) is 0 Å². The van der Waals surface area contributed by atoms with E-state index in [2.05, 4.69) is 215 Å². The molecule has 0 fully saturated rings. The number of hydrogen-bond donors (Lipinski definition) is 0. The lowest BCUT2D eigenvalue weighted by molar-refractivity contribution is -0.166. The van der Waals surface area contributed by atoms with Crippen molar-refractivity contribution in [3.05, 3.63) is 207 Å². The molecule has 0 aliphatic carbocycles. The number of unbranched alkanes of at least 4 members (excludes halogenated alkanes) is 7. The van der Waals surface area contributed by atoms with Crippen LogP contribution in [0.4, 0.5) is 0 Å². The van der Waals surface area contributed by atoms with Crippen molar-refractivity contribution in [3.63, 3.8) is 0 Å². The SMILES string of the molecule is CC/C=C\C/C=C\C/C=C\C/C=C\C/C=C\C/C=C\C/C=C\CCCCCCCC(=O)OCC(COC(=O)CCCC/C=C\C/C=C\C/C=C\C/C=C\CC)OC(=O)CC/C=C\C/C=C\C/C=C\C/C=C\C/C=C\C/C=C\CC. The normalized spacial score (nSPS) is 13.6. The molecule has 0 amide bonds. The maximum Gasteiger partial charge on any atom is 0.306 e. The summed E-state index contributed by atoms with van der Waals surface area (Å²) in [7, 11) is 0. The third kappa shape index (κ3) is 62.7. The molecule has 0 spiro atoms. The van der Waals surface area contributed by atoms with E-state index in [1.807, 2.05) is 12.2 Å². The Morgan fingerprint density at radius 3 is 0.785 bits per heavy atom. The molecular formula is C73H108O6. The molecule has 6 heteroatoms. The zero-order valence-corrected chi connectivity index (χ0v) is 49.8. The van der Waals surface area contributed by atoms with Crippen molar-refractivity contribution < 1.29 is 28.6 Å². The monoisotopic (exact) mass is 1080 g/mol. The number of allylic oxidation sites excluding steroid dienone is 34. The molecule has 0 saturated heterocycles. The molecule has 0 aromatic heterocycles. The molecule has 0 heterocycles. The predicted octanol–water partition coefficient (Wildman–Crippen LogP) is 21.2. The van der Waals surface area contributed by atoms with Gasteiger partial charge in [0.25, 0.3) is 0 Å². The second-order valence-electron chi connectivity index (χ2n) is 19.1. The Morgan fingerprint density at radius 1 is 0.253 bits per heavy atom. The van der Waals surface area contributed by atoms with Gasteiger partial charge in [-0.1, -0.05) is 247 Å². The summed E-state index contributed by atoms with van der Waals surface area (Å²) in [6, 6.07) is 0. The van der Waals surface area contributed by atoms with Crippen LogP contribution >= 0.6 is 0 Å². The summed E-state index contributed by atoms with van der Waals surface area (Å²) in [4.78, 5) is 38.2. The van der Waals surface area contributed by atoms with E-state index in [0.717, 1.165) is 161 Å². The highest BCUT2D eigenvalue weighted by molar-refractivity contribution is 5.71. The third-order valence-corrected chi connectivity index (χ3v) is 11.8. The molecule has 79 heavy (non-hydrogen) atoms. The van der Waals surface area contributed by atoms with E-state index in [-0.39, 0.29) is 38.0 Å². The number of hydrogen-bond acceptors (Lipinski definition) is 6. The smallest absolute Gasteiger partial charge is 0.306 e. The van der Waals surface area contributed by atoms with Crippen molar-refractivity contribution in [1.29, 1.82) is 0 Å². The van der Waals surface area contributed by atoms with Gasteiger partial charge in [0.05, 0.1) is 0 Å². The Balaban J connectivity index is 4.59. The highest BCUT2D eigenvalue weighted by Gasteiger charge is 2.19. The summed E-state index contributed by atoms with van der Waals surface area (Å²) in [6.45, 7) is 6.15. The Labute approximate surface area is 483 Å². The molecule has 0 aromatic carbocycles. The lowest BCUT2D eigenvalue weighted by Gasteiger charge is -2.18. The highest BCUT2D eigenvalue weighted by atomic mass is 16.6. The summed E-state index contributed by atoms with van der Waals surface area (Å²) in [6.07, 6.45) is 99.8. The first kappa shape index (κ1) is 73.0. The van der Waals surface area contributed by atoms with Gasteiger partial charge in [0.2, 0.25) is 0 Å². The predicted molar refractivity (Wildman–Crippen MR) is 343 cm³/mol. The minimum absolute atomic E-state index is 0.144. The fourth-order valence-corrected chi connectivity index (χ4v) is 7.32. The maximum atomic E-state index is 12.9. The molecule has 0 bridgehead atoms. The zero-order valence-electron chi connectivity index (χ0n) is 49.8. The van der Waals surface area contributed by atoms with Crippen molar-refractivity contribution in [2.45, 2.75) is 219 Å². The van der Waals surface area contributed by atoms with Gasteiger partial charge in [-0.2, -0.15) is 0 Å². The minimum Gasteiger partial charge on any atom is -0.462 e. The van der Waals surface area contributed by atoms with Gasteiger partial charge in [0, 0.05) is 19.3 Å². The van der Waals surface area contributed by atoms with Gasteiger partial charge in [-0.3, -0.25) is 14.4 Å². The van der Waals surface area contributed by atoms with Crippen molar-refractivity contribution in [2.75, 3.05) is 13.2 Å². The van der Waals surface area contributed by atoms with Gasteiger partial charge < -0.3 is 14.2 Å². The second-order valence-corrected chi connectivity index (χ2v) is 19.1. The Morgan fingerprint density at radius 2 is 0.481 bits per heavy atom. The zero-order chi connectivity index (χ0) is 57.1. The average Bonchev–Trinajstić information content (AvgIpc) is 3.45. The van der Waals surface area contributed by atoms with E-state index >= 15 is 0 Å². The standard InChI is InChI=1S/C73H108O6/c1-4-7-10-13-16-19-22-25-28-30-32-33-34-35-36-37-38-39-41-42-45-48-51-54-57-60-63-66-72(75)78-69-70(68-77-71(74)65-62-59-56-53-50-47-44-27-24-21-18-15-12-9-6-3)79-73(76)67-64-61-58-55-52-49-46-43-40-31-29-26-23-20-17-14-11-8-5-2/h7-12,16-21,25-29,32-33,35-36,38-40,42-45,49-50,52-53,58,61,70H,4-6,13-15,22-24,30-31,34,37,41,46-48,51,54-57,59-60,62-69H2,1-3H3/b10-7-,11-8-,12-9-,19-16-,20-17-,21-18-,28-25-,29-26-,33-32-,36-35-,39-38-,43-40-,44-27-,45-42-,52-49-,53-50-,61-58-. The average molecular weight is 1080 g/mol. The first-order chi connectivity index (χ1) is 39.0. The van der Waals surface area contributed by atoms with Crippen LogP contribution in [0.5, 0.6) is 0 Å². The van der Waals surface area contributed by atoms with E-state index in [9.17, 15) is 14.4 Å². The summed E-state index contributed by atoms with van der Waals surface area (Å²) < 4.78 is 16.8. The third-order valence-electron chi connectivity index (χ3n) is 11.8. The molecule has 0 aliphatic rings. The van der Waals surface area contributed by atoms with Crippen LogP contribution in [-0.2, 0) is 28.6 Å². The molecule has 1 atom stereocenters. The first-order valence-corrected chi connectivity index (χ1v) is 30.6. The van der Waals surface area contributed by atoms with Crippen LogP contribution in [0, 0.1) is 0 Å². The highest BCUT2D eigenvalue weighted by Crippen LogP contribution is 2.11. The molecule has 436 valence electrons. The van der Waals surface area contributed by atoms with Crippen molar-refractivity contribution >= 4 is 17.9 Å². The summed E-state index contributed by atoms with van der Waals surface area (Å²) >= 11 is 0. The van der Waals surface area contributed by atoms with Crippen LogP contribution in [0.1, 0.15) is 213 Å². The molecule has 0 radical (unpaired) electrons. The fourth-order valence-electron chi connectivity index (χ4n) is 7.32. The van der Waals surface area contributed by atoms with Crippen LogP contribution in [0.25, 0.3) is 0 Å². The van der Waals surface area contributed by atoms with E-state index in [4.69, 9.17) is 14.2 Å². The minimum atomic E-state index is -0.859. The van der Waals surface area contributed by atoms with Gasteiger partial charge in [-0.05, 0) is 154 Å². The fraction of sp³-hybridized carbons (Fsp3) is 0.493. The molecular weight excluding hydrogens is 973 g/mol. The second kappa shape index (κ2) is 64.5. The summed E-state index contributed by atoms with van der Waals surface area (Å²) in [5.74, 6) is -1.10. The molecule has 6 nitrogen and oxygen atoms in total. The number of esters is 3. The lowest BCUT2D eigenvalue weighted by Crippen LogP contribution is -2.30. The van der Waals surface area contributed by atoms with Crippen molar-refractivity contribution in [1.82, 2.24) is 0 Å². The van der Waals surface area contributed by atoms with E-state index in [1.165, 1.54) is 0 Å². The van der Waals surface area contributed by atoms with Gasteiger partial charge >= 0.3 is 17.9 Å². The number of carbonyl (C=O) groups excluding carboxylic acids is 3. The maximum absolute atomic E-state index is 12.9. The van der Waals surface area contributed by atoms with Crippen LogP contribution in [-0.4, -0.2) is 37.2 Å². The largest absolute Gasteiger partial charge is 0.462 e. The van der Waals surface area contributed by atoms with Crippen molar-refractivity contribution in [3.8, 4) is 0 Å². The van der Waals surface area contributed by atoms with Crippen LogP contribution in [0.3, 0.4) is 0 Å². The van der Waals surface area contributed by atoms with E-state index in [1.54, 1.807) is 0 Å². The Bertz CT molecular complexity index is 1960. The van der Waals surface area contributed by atoms with Gasteiger partial charge in [-0.25, -0.2) is 0 Å². The van der Waals surface area contributed by atoms with Crippen LogP contribution in [0.15, 0.2) is 207 Å². The molecule has 0 rings (SSSR count). The number of ether oxygens (including phenoxy) is 3. The Kier molecular flexibility index (Phi) is 59.6. The quantitative estimate of drug-likeness (QED) is 0.0261. The summed E-state index contributed by atoms with van der Waals surface area (Å²) in [5, 5.41) is 0. The Hall–Kier alpha value is -6.01. The van der Waals surface area contributed by atoms with Gasteiger partial charge in [0.15, 0.2) is 6.10 Å². The lowest BCUT2D eigenvalue weighted by atomic mass is 10.1.